The van der Waals surface area contributed by atoms with Crippen LogP contribution in [-0.2, 0) is 10.0 Å². The molecule has 2 aromatic rings. The van der Waals surface area contributed by atoms with Crippen molar-refractivity contribution in [1.29, 1.82) is 0 Å². The summed E-state index contributed by atoms with van der Waals surface area (Å²) < 4.78 is 25.7. The van der Waals surface area contributed by atoms with E-state index in [9.17, 15) is 13.2 Å². The van der Waals surface area contributed by atoms with Gasteiger partial charge in [0.05, 0.1) is 11.4 Å². The quantitative estimate of drug-likeness (QED) is 0.760. The molecule has 8 heteroatoms. The number of carbonyl (C=O) groups excluding carboxylic acids is 1. The van der Waals surface area contributed by atoms with E-state index in [2.05, 4.69) is 19.5 Å². The van der Waals surface area contributed by atoms with Crippen molar-refractivity contribution in [3.05, 3.63) is 54.4 Å². The lowest BCUT2D eigenvalue weighted by molar-refractivity contribution is 0.0926. The summed E-state index contributed by atoms with van der Waals surface area (Å²) in [5.74, 6) is -0.00392. The highest BCUT2D eigenvalue weighted by Crippen LogP contribution is 2.15. The fourth-order valence-electron chi connectivity index (χ4n) is 2.95. The third-order valence-electron chi connectivity index (χ3n) is 4.52. The van der Waals surface area contributed by atoms with Crippen LogP contribution in [-0.4, -0.2) is 63.9 Å². The molecule has 1 saturated heterocycles. The first-order valence-electron chi connectivity index (χ1n) is 8.44. The molecule has 1 aliphatic rings. The van der Waals surface area contributed by atoms with E-state index < -0.39 is 10.0 Å². The molecule has 1 N–H and O–H groups in total. The van der Waals surface area contributed by atoms with E-state index in [0.717, 1.165) is 31.9 Å². The van der Waals surface area contributed by atoms with Gasteiger partial charge in [0.15, 0.2) is 5.78 Å². The van der Waals surface area contributed by atoms with E-state index in [4.69, 9.17) is 0 Å². The minimum atomic E-state index is -3.48. The molecule has 0 radical (unpaired) electrons. The molecule has 26 heavy (non-hydrogen) atoms. The molecule has 0 atom stereocenters. The molecule has 0 aliphatic carbocycles. The van der Waals surface area contributed by atoms with Gasteiger partial charge in [0.2, 0.25) is 10.0 Å². The van der Waals surface area contributed by atoms with Crippen LogP contribution in [0, 0.1) is 0 Å². The van der Waals surface area contributed by atoms with Crippen LogP contribution in [0.25, 0.3) is 0 Å². The summed E-state index contributed by atoms with van der Waals surface area (Å²) in [7, 11) is -2.12. The number of piperazine rings is 1. The lowest BCUT2D eigenvalue weighted by atomic mass is 10.1. The molecule has 0 bridgehead atoms. The summed E-state index contributed by atoms with van der Waals surface area (Å²) in [6, 6.07) is 10.0. The molecule has 0 amide bonds. The maximum Gasteiger partial charge on any atom is 0.240 e. The zero-order chi connectivity index (χ0) is 18.6. The van der Waals surface area contributed by atoms with Crippen molar-refractivity contribution in [3.8, 4) is 0 Å². The van der Waals surface area contributed by atoms with E-state index >= 15 is 0 Å². The monoisotopic (exact) mass is 374 g/mol. The molecule has 1 aromatic heterocycles. The Morgan fingerprint density at radius 2 is 1.65 bits per heavy atom. The Kier molecular flexibility index (Phi) is 5.65. The van der Waals surface area contributed by atoms with Crippen LogP contribution in [0.3, 0.4) is 0 Å². The van der Waals surface area contributed by atoms with Gasteiger partial charge in [-0.1, -0.05) is 12.1 Å². The van der Waals surface area contributed by atoms with E-state index in [1.165, 1.54) is 19.2 Å². The Morgan fingerprint density at radius 3 is 2.23 bits per heavy atom. The van der Waals surface area contributed by atoms with Crippen molar-refractivity contribution in [1.82, 2.24) is 14.6 Å². The van der Waals surface area contributed by atoms with Crippen LogP contribution in [0.2, 0.25) is 0 Å². The van der Waals surface area contributed by atoms with Gasteiger partial charge in [-0.15, -0.1) is 0 Å². The number of hydrogen-bond donors (Lipinski definition) is 1. The van der Waals surface area contributed by atoms with Crippen molar-refractivity contribution in [2.45, 2.75) is 4.90 Å². The standard InChI is InChI=1S/C18H22N4O3S/c1-19-26(24,25)17-4-2-15(3-5-17)18(23)14-21-10-12-22(13-11-21)16-6-8-20-9-7-16/h2-9,19H,10-14H2,1H3. The van der Waals surface area contributed by atoms with Gasteiger partial charge in [-0.25, -0.2) is 13.1 Å². The highest BCUT2D eigenvalue weighted by molar-refractivity contribution is 7.89. The molecular weight excluding hydrogens is 352 g/mol. The highest BCUT2D eigenvalue weighted by Gasteiger charge is 2.20. The number of hydrogen-bond acceptors (Lipinski definition) is 6. The van der Waals surface area contributed by atoms with Gasteiger partial charge < -0.3 is 4.90 Å². The number of aromatic nitrogens is 1. The molecule has 0 spiro atoms. The number of pyridine rings is 1. The average molecular weight is 374 g/mol. The van der Waals surface area contributed by atoms with E-state index in [1.807, 2.05) is 12.1 Å². The van der Waals surface area contributed by atoms with Crippen LogP contribution in [0.4, 0.5) is 5.69 Å². The molecule has 1 fully saturated rings. The normalized spacial score (nSPS) is 15.8. The van der Waals surface area contributed by atoms with Crippen molar-refractivity contribution < 1.29 is 13.2 Å². The molecular formula is C18H22N4O3S. The number of ketones is 1. The Balaban J connectivity index is 1.56. The Bertz CT molecular complexity index is 846. The first kappa shape index (κ1) is 18.5. The summed E-state index contributed by atoms with van der Waals surface area (Å²) in [6.45, 7) is 3.66. The second kappa shape index (κ2) is 7.94. The second-order valence-electron chi connectivity index (χ2n) is 6.12. The lowest BCUT2D eigenvalue weighted by Crippen LogP contribution is -2.48. The van der Waals surface area contributed by atoms with E-state index in [0.29, 0.717) is 12.1 Å². The third kappa shape index (κ3) is 4.27. The summed E-state index contributed by atoms with van der Waals surface area (Å²) >= 11 is 0. The third-order valence-corrected chi connectivity index (χ3v) is 5.95. The van der Waals surface area contributed by atoms with Gasteiger partial charge in [-0.05, 0) is 31.3 Å². The number of sulfonamides is 1. The first-order valence-corrected chi connectivity index (χ1v) is 9.92. The zero-order valence-corrected chi connectivity index (χ0v) is 15.4. The van der Waals surface area contributed by atoms with Crippen molar-refractivity contribution in [3.63, 3.8) is 0 Å². The highest BCUT2D eigenvalue weighted by atomic mass is 32.2. The summed E-state index contributed by atoms with van der Waals surface area (Å²) in [6.07, 6.45) is 3.56. The molecule has 1 aliphatic heterocycles. The molecule has 0 saturated carbocycles. The number of rotatable bonds is 6. The van der Waals surface area contributed by atoms with Crippen LogP contribution < -0.4 is 9.62 Å². The topological polar surface area (TPSA) is 82.6 Å². The number of Topliss-reactive ketones (excluding diaryl/α,β-unsaturated/α-hetero) is 1. The first-order chi connectivity index (χ1) is 12.5. The molecule has 3 rings (SSSR count). The van der Waals surface area contributed by atoms with E-state index in [-0.39, 0.29) is 10.7 Å². The number of anilines is 1. The fraction of sp³-hybridized carbons (Fsp3) is 0.333. The largest absolute Gasteiger partial charge is 0.369 e. The van der Waals surface area contributed by atoms with Crippen LogP contribution in [0.15, 0.2) is 53.7 Å². The number of nitrogens with zero attached hydrogens (tertiary/aromatic N) is 3. The summed E-state index contributed by atoms with van der Waals surface area (Å²) in [4.78, 5) is 21.1. The Hall–Kier alpha value is -2.29. The number of nitrogens with one attached hydrogen (secondary N) is 1. The molecule has 7 nitrogen and oxygen atoms in total. The maximum absolute atomic E-state index is 12.5. The van der Waals surface area contributed by atoms with Gasteiger partial charge in [0, 0.05) is 49.8 Å². The second-order valence-corrected chi connectivity index (χ2v) is 8.01. The van der Waals surface area contributed by atoms with Gasteiger partial charge in [-0.2, -0.15) is 0 Å². The number of carbonyl (C=O) groups is 1. The zero-order valence-electron chi connectivity index (χ0n) is 14.6. The SMILES string of the molecule is CNS(=O)(=O)c1ccc(C(=O)CN2CCN(c3ccncc3)CC2)cc1. The minimum Gasteiger partial charge on any atom is -0.369 e. The Morgan fingerprint density at radius 1 is 1.04 bits per heavy atom. The van der Waals surface area contributed by atoms with Crippen LogP contribution in [0.1, 0.15) is 10.4 Å². The predicted octanol–water partition coefficient (Wildman–Crippen LogP) is 0.995. The van der Waals surface area contributed by atoms with Crippen molar-refractivity contribution in [2.75, 3.05) is 44.7 Å². The van der Waals surface area contributed by atoms with E-state index in [1.54, 1.807) is 24.5 Å². The summed E-state index contributed by atoms with van der Waals surface area (Å²) in [5, 5.41) is 0. The molecule has 2 heterocycles. The van der Waals surface area contributed by atoms with Crippen LogP contribution in [0.5, 0.6) is 0 Å². The Labute approximate surface area is 153 Å². The van der Waals surface area contributed by atoms with Gasteiger partial charge >= 0.3 is 0 Å². The molecule has 0 unspecified atom stereocenters. The van der Waals surface area contributed by atoms with Crippen molar-refractivity contribution >= 4 is 21.5 Å². The lowest BCUT2D eigenvalue weighted by Gasteiger charge is -2.35. The average Bonchev–Trinajstić information content (AvgIpc) is 2.69. The molecule has 1 aromatic carbocycles. The predicted molar refractivity (Wildman–Crippen MR) is 99.9 cm³/mol. The van der Waals surface area contributed by atoms with Crippen LogP contribution >= 0.6 is 0 Å². The van der Waals surface area contributed by atoms with Gasteiger partial charge in [-0.3, -0.25) is 14.7 Å². The van der Waals surface area contributed by atoms with Gasteiger partial charge in [0.1, 0.15) is 0 Å². The fourth-order valence-corrected chi connectivity index (χ4v) is 3.68. The van der Waals surface area contributed by atoms with Gasteiger partial charge in [0.25, 0.3) is 0 Å². The molecule has 138 valence electrons. The summed E-state index contributed by atoms with van der Waals surface area (Å²) in [5.41, 5.74) is 1.67. The maximum atomic E-state index is 12.5. The minimum absolute atomic E-state index is 0.00392. The number of benzene rings is 1. The van der Waals surface area contributed by atoms with Crippen molar-refractivity contribution in [2.24, 2.45) is 0 Å². The smallest absolute Gasteiger partial charge is 0.240 e.